The quantitative estimate of drug-likeness (QED) is 0.645. The van der Waals surface area contributed by atoms with Crippen LogP contribution in [-0.4, -0.2) is 39.0 Å². The molecule has 1 aromatic carbocycles. The number of nitrogens with zero attached hydrogens (tertiary/aromatic N) is 3. The lowest BCUT2D eigenvalue weighted by Gasteiger charge is -2.14. The topological polar surface area (TPSA) is 110 Å². The highest BCUT2D eigenvalue weighted by molar-refractivity contribution is 5.49. The third-order valence-electron chi connectivity index (χ3n) is 3.12. The molecule has 1 N–H and O–H groups in total. The molecule has 0 bridgehead atoms. The minimum absolute atomic E-state index is 0.254. The largest absolute Gasteiger partial charge is 0.392 e. The van der Waals surface area contributed by atoms with E-state index in [-0.39, 0.29) is 11.4 Å². The molecular weight excluding hydrogens is 254 g/mol. The Balaban J connectivity index is 2.24. The first-order valence-electron chi connectivity index (χ1n) is 5.79. The Labute approximate surface area is 108 Å². The number of aliphatic hydroxyl groups is 1. The van der Waals surface area contributed by atoms with Crippen LogP contribution in [0.2, 0.25) is 0 Å². The molecule has 0 amide bonds. The van der Waals surface area contributed by atoms with Gasteiger partial charge >= 0.3 is 0 Å². The van der Waals surface area contributed by atoms with Gasteiger partial charge in [0.1, 0.15) is 0 Å². The standard InChI is InChI=1S/C11H13N3O5/c15-10-3-4-12(7-10)6-8-1-2-9(13(16)17)5-11(8)14(18)19/h1-2,5,10,15H,3-4,6-7H2. The van der Waals surface area contributed by atoms with Crippen LogP contribution in [-0.2, 0) is 6.54 Å². The minimum atomic E-state index is -0.656. The molecular formula is C11H13N3O5. The third-order valence-corrected chi connectivity index (χ3v) is 3.12. The average Bonchev–Trinajstić information content (AvgIpc) is 2.74. The Hall–Kier alpha value is -2.06. The van der Waals surface area contributed by atoms with Crippen LogP contribution in [0, 0.1) is 20.2 Å². The summed E-state index contributed by atoms with van der Waals surface area (Å²) in [5, 5.41) is 31.0. The number of rotatable bonds is 4. The number of nitro benzene ring substituents is 2. The lowest BCUT2D eigenvalue weighted by atomic mass is 10.1. The number of benzene rings is 1. The zero-order chi connectivity index (χ0) is 14.0. The monoisotopic (exact) mass is 267 g/mol. The second-order valence-electron chi connectivity index (χ2n) is 4.50. The maximum atomic E-state index is 10.9. The van der Waals surface area contributed by atoms with E-state index in [2.05, 4.69) is 0 Å². The van der Waals surface area contributed by atoms with Crippen molar-refractivity contribution in [2.45, 2.75) is 19.1 Å². The van der Waals surface area contributed by atoms with Crippen molar-refractivity contribution in [2.24, 2.45) is 0 Å². The van der Waals surface area contributed by atoms with E-state index in [0.717, 1.165) is 6.07 Å². The Morgan fingerprint density at radius 3 is 2.58 bits per heavy atom. The lowest BCUT2D eigenvalue weighted by molar-refractivity contribution is -0.394. The Bertz CT molecular complexity index is 519. The number of β-amino-alcohol motifs (C(OH)–C–C–N with tert-alkyl or cyclic N) is 1. The number of aliphatic hydroxyl groups excluding tert-OH is 1. The van der Waals surface area contributed by atoms with Crippen LogP contribution in [0.5, 0.6) is 0 Å². The number of hydrogen-bond acceptors (Lipinski definition) is 6. The van der Waals surface area contributed by atoms with Gasteiger partial charge in [-0.05, 0) is 12.5 Å². The number of nitro groups is 2. The lowest BCUT2D eigenvalue weighted by Crippen LogP contribution is -2.22. The van der Waals surface area contributed by atoms with Crippen molar-refractivity contribution in [3.05, 3.63) is 44.0 Å². The summed E-state index contributed by atoms with van der Waals surface area (Å²) in [5.74, 6) is 0. The smallest absolute Gasteiger partial charge is 0.280 e. The SMILES string of the molecule is O=[N+]([O-])c1ccc(CN2CCC(O)C2)c([N+](=O)[O-])c1. The van der Waals surface area contributed by atoms with E-state index in [0.29, 0.717) is 31.6 Å². The van der Waals surface area contributed by atoms with Crippen LogP contribution in [0.1, 0.15) is 12.0 Å². The molecule has 1 saturated heterocycles. The second-order valence-corrected chi connectivity index (χ2v) is 4.50. The summed E-state index contributed by atoms with van der Waals surface area (Å²) < 4.78 is 0. The summed E-state index contributed by atoms with van der Waals surface area (Å²) >= 11 is 0. The van der Waals surface area contributed by atoms with Gasteiger partial charge in [0.2, 0.25) is 0 Å². The molecule has 0 radical (unpaired) electrons. The van der Waals surface area contributed by atoms with Crippen molar-refractivity contribution in [1.29, 1.82) is 0 Å². The summed E-state index contributed by atoms with van der Waals surface area (Å²) in [6, 6.07) is 3.64. The highest BCUT2D eigenvalue weighted by Crippen LogP contribution is 2.26. The Kier molecular flexibility index (Phi) is 3.72. The van der Waals surface area contributed by atoms with Crippen LogP contribution in [0.3, 0.4) is 0 Å². The zero-order valence-electron chi connectivity index (χ0n) is 10.1. The van der Waals surface area contributed by atoms with Gasteiger partial charge in [-0.3, -0.25) is 25.1 Å². The normalized spacial score (nSPS) is 19.5. The predicted molar refractivity (Wildman–Crippen MR) is 65.7 cm³/mol. The van der Waals surface area contributed by atoms with E-state index < -0.39 is 16.0 Å². The van der Waals surface area contributed by atoms with E-state index in [1.807, 2.05) is 4.90 Å². The van der Waals surface area contributed by atoms with Gasteiger partial charge in [-0.2, -0.15) is 0 Å². The van der Waals surface area contributed by atoms with Gasteiger partial charge < -0.3 is 5.11 Å². The molecule has 8 heteroatoms. The molecule has 0 aromatic heterocycles. The molecule has 19 heavy (non-hydrogen) atoms. The maximum absolute atomic E-state index is 10.9. The predicted octanol–water partition coefficient (Wildman–Crippen LogP) is 1.07. The summed E-state index contributed by atoms with van der Waals surface area (Å²) in [4.78, 5) is 22.2. The van der Waals surface area contributed by atoms with Crippen molar-refractivity contribution in [3.8, 4) is 0 Å². The van der Waals surface area contributed by atoms with Gasteiger partial charge in [0, 0.05) is 31.3 Å². The first kappa shape index (κ1) is 13.4. The van der Waals surface area contributed by atoms with Crippen LogP contribution in [0.15, 0.2) is 18.2 Å². The second kappa shape index (κ2) is 5.29. The van der Waals surface area contributed by atoms with Gasteiger partial charge in [-0.25, -0.2) is 0 Å². The summed E-state index contributed by atoms with van der Waals surface area (Å²) in [5.41, 5.74) is -0.128. The van der Waals surface area contributed by atoms with Crippen LogP contribution >= 0.6 is 0 Å². The Morgan fingerprint density at radius 1 is 1.32 bits per heavy atom. The summed E-state index contributed by atoms with van der Waals surface area (Å²) in [7, 11) is 0. The molecule has 0 saturated carbocycles. The highest BCUT2D eigenvalue weighted by atomic mass is 16.6. The molecule has 2 rings (SSSR count). The molecule has 0 aliphatic carbocycles. The van der Waals surface area contributed by atoms with Crippen molar-refractivity contribution in [2.75, 3.05) is 13.1 Å². The summed E-state index contributed by atoms with van der Waals surface area (Å²) in [6.07, 6.45) is 0.234. The Morgan fingerprint density at radius 2 is 2.05 bits per heavy atom. The molecule has 1 aromatic rings. The van der Waals surface area contributed by atoms with E-state index in [4.69, 9.17) is 0 Å². The van der Waals surface area contributed by atoms with E-state index in [9.17, 15) is 25.3 Å². The highest BCUT2D eigenvalue weighted by Gasteiger charge is 2.25. The molecule has 102 valence electrons. The first-order chi connectivity index (χ1) is 8.97. The van der Waals surface area contributed by atoms with Crippen molar-refractivity contribution >= 4 is 11.4 Å². The van der Waals surface area contributed by atoms with Gasteiger partial charge in [0.25, 0.3) is 11.4 Å². The van der Waals surface area contributed by atoms with E-state index >= 15 is 0 Å². The van der Waals surface area contributed by atoms with Gasteiger partial charge in [0.15, 0.2) is 0 Å². The van der Waals surface area contributed by atoms with Crippen LogP contribution in [0.4, 0.5) is 11.4 Å². The van der Waals surface area contributed by atoms with Gasteiger partial charge in [0.05, 0.1) is 22.0 Å². The molecule has 0 spiro atoms. The van der Waals surface area contributed by atoms with Crippen molar-refractivity contribution < 1.29 is 15.0 Å². The van der Waals surface area contributed by atoms with E-state index in [1.165, 1.54) is 12.1 Å². The first-order valence-corrected chi connectivity index (χ1v) is 5.79. The fraction of sp³-hybridized carbons (Fsp3) is 0.455. The van der Waals surface area contributed by atoms with Gasteiger partial charge in [-0.15, -0.1) is 0 Å². The number of likely N-dealkylation sites (tertiary alicyclic amines) is 1. The van der Waals surface area contributed by atoms with Crippen LogP contribution in [0.25, 0.3) is 0 Å². The van der Waals surface area contributed by atoms with Crippen molar-refractivity contribution in [3.63, 3.8) is 0 Å². The van der Waals surface area contributed by atoms with Gasteiger partial charge in [-0.1, -0.05) is 0 Å². The maximum Gasteiger partial charge on any atom is 0.280 e. The summed E-state index contributed by atoms with van der Waals surface area (Å²) in [6.45, 7) is 1.44. The average molecular weight is 267 g/mol. The molecule has 1 atom stereocenters. The molecule has 1 unspecified atom stereocenters. The zero-order valence-corrected chi connectivity index (χ0v) is 10.1. The molecule has 8 nitrogen and oxygen atoms in total. The molecule has 1 aliphatic heterocycles. The molecule has 1 fully saturated rings. The fourth-order valence-corrected chi connectivity index (χ4v) is 2.17. The number of hydrogen-bond donors (Lipinski definition) is 1. The fourth-order valence-electron chi connectivity index (χ4n) is 2.17. The van der Waals surface area contributed by atoms with E-state index in [1.54, 1.807) is 0 Å². The molecule has 1 heterocycles. The minimum Gasteiger partial charge on any atom is -0.392 e. The third kappa shape index (κ3) is 3.04. The molecule has 1 aliphatic rings. The number of non-ortho nitro benzene ring substituents is 1. The van der Waals surface area contributed by atoms with Crippen molar-refractivity contribution in [1.82, 2.24) is 4.90 Å². The van der Waals surface area contributed by atoms with Crippen LogP contribution < -0.4 is 0 Å².